The van der Waals surface area contributed by atoms with Gasteiger partial charge in [0, 0.05) is 18.9 Å². The van der Waals surface area contributed by atoms with Crippen LogP contribution in [-0.2, 0) is 9.59 Å². The summed E-state index contributed by atoms with van der Waals surface area (Å²) < 4.78 is 16.4. The van der Waals surface area contributed by atoms with E-state index in [2.05, 4.69) is 13.8 Å². The van der Waals surface area contributed by atoms with E-state index in [0.29, 0.717) is 46.4 Å². The summed E-state index contributed by atoms with van der Waals surface area (Å²) in [7, 11) is 0. The number of unbranched alkanes of at least 4 members (excludes halogenated alkanes) is 4. The zero-order valence-electron chi connectivity index (χ0n) is 19.2. The van der Waals surface area contributed by atoms with E-state index in [4.69, 9.17) is 13.9 Å². The van der Waals surface area contributed by atoms with Crippen molar-refractivity contribution in [1.82, 2.24) is 0 Å². The Morgan fingerprint density at radius 2 is 1.36 bits per heavy atom. The largest absolute Gasteiger partial charge is 0.463 e. The fourth-order valence-corrected chi connectivity index (χ4v) is 3.48. The molecule has 0 N–H and O–H groups in total. The third-order valence-electron chi connectivity index (χ3n) is 5.34. The molecule has 0 bridgehead atoms. The van der Waals surface area contributed by atoms with Gasteiger partial charge in [0.05, 0.1) is 10.9 Å². The minimum Gasteiger partial charge on any atom is -0.463 e. The van der Waals surface area contributed by atoms with Gasteiger partial charge in [-0.25, -0.2) is 0 Å². The maximum atomic E-state index is 13.0. The predicted molar refractivity (Wildman–Crippen MR) is 127 cm³/mol. The van der Waals surface area contributed by atoms with Gasteiger partial charge in [-0.05, 0) is 42.7 Å². The van der Waals surface area contributed by atoms with Gasteiger partial charge in [-0.15, -0.1) is 0 Å². The van der Waals surface area contributed by atoms with Crippen LogP contribution < -0.4 is 14.9 Å². The first-order chi connectivity index (χ1) is 16.0. The lowest BCUT2D eigenvalue weighted by Gasteiger charge is -2.07. The Kier molecular flexibility index (Phi) is 8.81. The van der Waals surface area contributed by atoms with E-state index in [1.165, 1.54) is 6.26 Å². The van der Waals surface area contributed by atoms with Crippen LogP contribution in [0.1, 0.15) is 65.2 Å². The van der Waals surface area contributed by atoms with Crippen LogP contribution in [0.15, 0.2) is 57.9 Å². The second kappa shape index (κ2) is 12.0. The van der Waals surface area contributed by atoms with Crippen molar-refractivity contribution >= 4 is 22.9 Å². The van der Waals surface area contributed by atoms with E-state index in [-0.39, 0.29) is 17.4 Å². The Hall–Kier alpha value is -3.41. The van der Waals surface area contributed by atoms with Crippen LogP contribution in [-0.4, -0.2) is 11.9 Å². The van der Waals surface area contributed by atoms with Gasteiger partial charge in [-0.2, -0.15) is 0 Å². The highest BCUT2D eigenvalue weighted by atomic mass is 16.5. The van der Waals surface area contributed by atoms with Crippen molar-refractivity contribution < 1.29 is 23.5 Å². The van der Waals surface area contributed by atoms with Crippen molar-refractivity contribution in [3.05, 3.63) is 59.0 Å². The molecule has 3 aromatic rings. The average molecular weight is 451 g/mol. The summed E-state index contributed by atoms with van der Waals surface area (Å²) >= 11 is 0. The van der Waals surface area contributed by atoms with Crippen LogP contribution in [0.4, 0.5) is 0 Å². The first kappa shape index (κ1) is 24.2. The molecular formula is C27H30O6. The van der Waals surface area contributed by atoms with Crippen LogP contribution in [0.5, 0.6) is 11.5 Å². The van der Waals surface area contributed by atoms with Crippen LogP contribution >= 0.6 is 0 Å². The fraction of sp³-hybridized carbons (Fsp3) is 0.370. The maximum absolute atomic E-state index is 13.0. The van der Waals surface area contributed by atoms with Gasteiger partial charge in [-0.1, -0.05) is 51.7 Å². The number of benzene rings is 2. The van der Waals surface area contributed by atoms with Gasteiger partial charge in [0.2, 0.25) is 0 Å². The summed E-state index contributed by atoms with van der Waals surface area (Å²) in [6.45, 7) is 4.15. The van der Waals surface area contributed by atoms with Crippen molar-refractivity contribution in [2.75, 3.05) is 0 Å². The molecule has 0 radical (unpaired) electrons. The molecule has 0 amide bonds. The molecule has 0 aliphatic rings. The number of fused-ring (bicyclic) bond motifs is 1. The molecule has 0 atom stereocenters. The van der Waals surface area contributed by atoms with Crippen LogP contribution in [0.3, 0.4) is 0 Å². The van der Waals surface area contributed by atoms with E-state index < -0.39 is 0 Å². The zero-order chi connectivity index (χ0) is 23.6. The summed E-state index contributed by atoms with van der Waals surface area (Å²) in [4.78, 5) is 36.8. The van der Waals surface area contributed by atoms with E-state index in [9.17, 15) is 14.4 Å². The number of carbonyl (C=O) groups excluding carboxylic acids is 2. The van der Waals surface area contributed by atoms with Crippen LogP contribution in [0, 0.1) is 0 Å². The summed E-state index contributed by atoms with van der Waals surface area (Å²) in [5.74, 6) is 0.233. The van der Waals surface area contributed by atoms with E-state index in [1.807, 2.05) is 0 Å². The lowest BCUT2D eigenvalue weighted by atomic mass is 10.1. The van der Waals surface area contributed by atoms with E-state index in [1.54, 1.807) is 42.5 Å². The monoisotopic (exact) mass is 450 g/mol. The quantitative estimate of drug-likeness (QED) is 0.190. The molecule has 1 heterocycles. The topological polar surface area (TPSA) is 82.8 Å². The molecule has 0 aliphatic heterocycles. The van der Waals surface area contributed by atoms with Gasteiger partial charge in [0.15, 0.2) is 5.43 Å². The third kappa shape index (κ3) is 6.78. The Bertz CT molecular complexity index is 1140. The number of hydrogen-bond donors (Lipinski definition) is 0. The van der Waals surface area contributed by atoms with Crippen molar-refractivity contribution in [2.24, 2.45) is 0 Å². The number of ether oxygens (including phenoxy) is 2. The normalized spacial score (nSPS) is 10.8. The Labute approximate surface area is 193 Å². The second-order valence-corrected chi connectivity index (χ2v) is 8.02. The summed E-state index contributed by atoms with van der Waals surface area (Å²) in [5.41, 5.74) is 1.21. The van der Waals surface area contributed by atoms with Crippen molar-refractivity contribution in [3.8, 4) is 22.6 Å². The molecule has 2 aromatic carbocycles. The Balaban J connectivity index is 1.71. The number of hydrogen-bond acceptors (Lipinski definition) is 6. The van der Waals surface area contributed by atoms with Crippen molar-refractivity contribution in [1.29, 1.82) is 0 Å². The molecule has 1 aromatic heterocycles. The predicted octanol–water partition coefficient (Wildman–Crippen LogP) is 6.43. The summed E-state index contributed by atoms with van der Waals surface area (Å²) in [6.07, 6.45) is 7.79. The van der Waals surface area contributed by atoms with Gasteiger partial charge in [-0.3, -0.25) is 14.4 Å². The van der Waals surface area contributed by atoms with Gasteiger partial charge < -0.3 is 13.9 Å². The third-order valence-corrected chi connectivity index (χ3v) is 5.34. The Morgan fingerprint density at radius 3 is 1.97 bits per heavy atom. The standard InChI is InChI=1S/C27H30O6/c1-3-5-7-9-25(28)32-20-13-11-19(12-14-20)23-18-31-24-17-21(15-16-22(24)27(23)30)33-26(29)10-8-6-4-2/h11-18H,3-10H2,1-2H3. The number of esters is 2. The maximum Gasteiger partial charge on any atom is 0.311 e. The van der Waals surface area contributed by atoms with Gasteiger partial charge in [0.25, 0.3) is 0 Å². The fourth-order valence-electron chi connectivity index (χ4n) is 3.48. The summed E-state index contributed by atoms with van der Waals surface area (Å²) in [6, 6.07) is 11.5. The van der Waals surface area contributed by atoms with Crippen LogP contribution in [0.2, 0.25) is 0 Å². The second-order valence-electron chi connectivity index (χ2n) is 8.02. The molecule has 6 nitrogen and oxygen atoms in total. The smallest absolute Gasteiger partial charge is 0.311 e. The first-order valence-electron chi connectivity index (χ1n) is 11.6. The molecule has 3 rings (SSSR count). The van der Waals surface area contributed by atoms with Gasteiger partial charge in [0.1, 0.15) is 23.3 Å². The zero-order valence-corrected chi connectivity index (χ0v) is 19.2. The summed E-state index contributed by atoms with van der Waals surface area (Å²) in [5, 5.41) is 0.393. The molecular weight excluding hydrogens is 420 g/mol. The van der Waals surface area contributed by atoms with Crippen molar-refractivity contribution in [2.45, 2.75) is 65.2 Å². The molecule has 0 saturated heterocycles. The molecule has 0 fully saturated rings. The highest BCUT2D eigenvalue weighted by molar-refractivity contribution is 5.83. The lowest BCUT2D eigenvalue weighted by Crippen LogP contribution is -2.09. The molecule has 6 heteroatoms. The highest BCUT2D eigenvalue weighted by Gasteiger charge is 2.12. The highest BCUT2D eigenvalue weighted by Crippen LogP contribution is 2.25. The van der Waals surface area contributed by atoms with E-state index in [0.717, 1.165) is 38.5 Å². The minimum absolute atomic E-state index is 0.193. The number of rotatable bonds is 11. The molecule has 0 spiro atoms. The first-order valence-corrected chi connectivity index (χ1v) is 11.6. The van der Waals surface area contributed by atoms with E-state index >= 15 is 0 Å². The lowest BCUT2D eigenvalue weighted by molar-refractivity contribution is -0.135. The molecule has 0 unspecified atom stereocenters. The Morgan fingerprint density at radius 1 is 0.788 bits per heavy atom. The number of carbonyl (C=O) groups is 2. The molecule has 0 saturated carbocycles. The molecule has 0 aliphatic carbocycles. The average Bonchev–Trinajstić information content (AvgIpc) is 2.80. The van der Waals surface area contributed by atoms with Crippen LogP contribution in [0.25, 0.3) is 22.1 Å². The van der Waals surface area contributed by atoms with Crippen molar-refractivity contribution in [3.63, 3.8) is 0 Å². The molecule has 33 heavy (non-hydrogen) atoms. The SMILES string of the molecule is CCCCCC(=O)Oc1ccc(-c2coc3cc(OC(=O)CCCCC)ccc3c2=O)cc1. The molecule has 174 valence electrons. The minimum atomic E-state index is -0.298. The van der Waals surface area contributed by atoms with Gasteiger partial charge >= 0.3 is 11.9 Å².